The monoisotopic (exact) mass is 269 g/mol. The molecule has 1 unspecified atom stereocenters. The van der Waals surface area contributed by atoms with Gasteiger partial charge in [0.2, 0.25) is 5.91 Å². The van der Waals surface area contributed by atoms with E-state index in [-0.39, 0.29) is 17.7 Å². The van der Waals surface area contributed by atoms with Gasteiger partial charge in [0.25, 0.3) is 0 Å². The number of carbonyl (C=O) groups excluding carboxylic acids is 1. The van der Waals surface area contributed by atoms with Crippen molar-refractivity contribution in [2.24, 2.45) is 11.3 Å². The average molecular weight is 269 g/mol. The third-order valence-electron chi connectivity index (χ3n) is 4.28. The number of hydrogen-bond acceptors (Lipinski definition) is 2. The van der Waals surface area contributed by atoms with Crippen molar-refractivity contribution in [1.82, 2.24) is 5.32 Å². The van der Waals surface area contributed by atoms with Crippen molar-refractivity contribution < 1.29 is 14.7 Å². The minimum Gasteiger partial charge on any atom is -0.481 e. The summed E-state index contributed by atoms with van der Waals surface area (Å²) in [7, 11) is 0. The molecule has 1 amide bonds. The van der Waals surface area contributed by atoms with E-state index in [9.17, 15) is 9.59 Å². The highest BCUT2D eigenvalue weighted by molar-refractivity contribution is 5.82. The van der Waals surface area contributed by atoms with Gasteiger partial charge in [0, 0.05) is 18.4 Å². The molecule has 1 rings (SSSR count). The molecular formula is C15H27NO3. The van der Waals surface area contributed by atoms with E-state index >= 15 is 0 Å². The van der Waals surface area contributed by atoms with Crippen LogP contribution in [0.15, 0.2) is 0 Å². The van der Waals surface area contributed by atoms with E-state index in [1.54, 1.807) is 0 Å². The summed E-state index contributed by atoms with van der Waals surface area (Å²) in [6, 6.07) is 0. The molecule has 2 N–H and O–H groups in total. The summed E-state index contributed by atoms with van der Waals surface area (Å²) >= 11 is 0. The second kappa shape index (κ2) is 7.51. The Kier molecular flexibility index (Phi) is 6.32. The Balaban J connectivity index is 2.21. The maximum atomic E-state index is 12.2. The van der Waals surface area contributed by atoms with Gasteiger partial charge < -0.3 is 10.4 Å². The molecule has 0 aromatic heterocycles. The van der Waals surface area contributed by atoms with E-state index in [4.69, 9.17) is 5.11 Å². The van der Waals surface area contributed by atoms with Crippen molar-refractivity contribution in [2.75, 3.05) is 6.54 Å². The van der Waals surface area contributed by atoms with Gasteiger partial charge in [-0.15, -0.1) is 0 Å². The third-order valence-corrected chi connectivity index (χ3v) is 4.28. The molecule has 0 saturated heterocycles. The van der Waals surface area contributed by atoms with Gasteiger partial charge in [-0.3, -0.25) is 9.59 Å². The summed E-state index contributed by atoms with van der Waals surface area (Å²) in [5.74, 6) is -0.223. The highest BCUT2D eigenvalue weighted by atomic mass is 16.4. The molecule has 1 aliphatic carbocycles. The molecular weight excluding hydrogens is 242 g/mol. The number of nitrogens with one attached hydrogen (secondary N) is 1. The lowest BCUT2D eigenvalue weighted by Gasteiger charge is -2.32. The summed E-state index contributed by atoms with van der Waals surface area (Å²) in [5.41, 5.74) is -0.178. The number of amides is 1. The Bertz CT molecular complexity index is 309. The van der Waals surface area contributed by atoms with Crippen LogP contribution in [0.3, 0.4) is 0 Å². The number of rotatable bonds is 7. The van der Waals surface area contributed by atoms with Crippen molar-refractivity contribution >= 4 is 11.9 Å². The van der Waals surface area contributed by atoms with E-state index in [1.165, 1.54) is 6.42 Å². The molecule has 0 aromatic rings. The van der Waals surface area contributed by atoms with Crippen LogP contribution in [0.2, 0.25) is 0 Å². The zero-order chi connectivity index (χ0) is 14.3. The van der Waals surface area contributed by atoms with Crippen molar-refractivity contribution in [3.05, 3.63) is 0 Å². The molecule has 0 radical (unpaired) electrons. The van der Waals surface area contributed by atoms with Gasteiger partial charge in [0.1, 0.15) is 0 Å². The standard InChI is InChI=1S/C15H27NO3/c1-12(6-7-13(17)18)8-11-16-14(19)15(2)9-4-3-5-10-15/h12H,3-11H2,1-2H3,(H,16,19)(H,17,18). The van der Waals surface area contributed by atoms with Crippen LogP contribution in [-0.4, -0.2) is 23.5 Å². The molecule has 0 spiro atoms. The van der Waals surface area contributed by atoms with E-state index < -0.39 is 5.97 Å². The normalized spacial score (nSPS) is 19.7. The zero-order valence-corrected chi connectivity index (χ0v) is 12.2. The van der Waals surface area contributed by atoms with Gasteiger partial charge in [-0.25, -0.2) is 0 Å². The van der Waals surface area contributed by atoms with Gasteiger partial charge in [-0.1, -0.05) is 33.1 Å². The van der Waals surface area contributed by atoms with Crippen molar-refractivity contribution in [3.63, 3.8) is 0 Å². The van der Waals surface area contributed by atoms with E-state index in [2.05, 4.69) is 12.2 Å². The first-order chi connectivity index (χ1) is 8.94. The molecule has 0 heterocycles. The Morgan fingerprint density at radius 2 is 1.84 bits per heavy atom. The molecule has 4 heteroatoms. The fraction of sp³-hybridized carbons (Fsp3) is 0.867. The first-order valence-electron chi connectivity index (χ1n) is 7.44. The minimum atomic E-state index is -0.745. The molecule has 0 aliphatic heterocycles. The van der Waals surface area contributed by atoms with Crippen molar-refractivity contribution in [2.45, 2.75) is 65.2 Å². The summed E-state index contributed by atoms with van der Waals surface area (Å²) in [5, 5.41) is 11.6. The van der Waals surface area contributed by atoms with E-state index in [0.29, 0.717) is 18.9 Å². The van der Waals surface area contributed by atoms with Gasteiger partial charge >= 0.3 is 5.97 Å². The van der Waals surface area contributed by atoms with Crippen molar-refractivity contribution in [1.29, 1.82) is 0 Å². The first kappa shape index (κ1) is 16.0. The van der Waals surface area contributed by atoms with Gasteiger partial charge in [-0.05, 0) is 31.6 Å². The third kappa shape index (κ3) is 5.62. The van der Waals surface area contributed by atoms with Crippen molar-refractivity contribution in [3.8, 4) is 0 Å². The van der Waals surface area contributed by atoms with Crippen LogP contribution in [0.4, 0.5) is 0 Å². The molecule has 19 heavy (non-hydrogen) atoms. The van der Waals surface area contributed by atoms with Crippen LogP contribution >= 0.6 is 0 Å². The molecule has 0 bridgehead atoms. The Morgan fingerprint density at radius 3 is 2.42 bits per heavy atom. The molecule has 1 atom stereocenters. The predicted molar refractivity (Wildman–Crippen MR) is 74.9 cm³/mol. The van der Waals surface area contributed by atoms with Crippen LogP contribution in [0.1, 0.15) is 65.2 Å². The highest BCUT2D eigenvalue weighted by Gasteiger charge is 2.34. The fourth-order valence-corrected chi connectivity index (χ4v) is 2.72. The number of carboxylic acid groups (broad SMARTS) is 1. The lowest BCUT2D eigenvalue weighted by Crippen LogP contribution is -2.40. The highest BCUT2D eigenvalue weighted by Crippen LogP contribution is 2.35. The lowest BCUT2D eigenvalue weighted by atomic mass is 9.75. The van der Waals surface area contributed by atoms with Crippen LogP contribution in [0, 0.1) is 11.3 Å². The topological polar surface area (TPSA) is 66.4 Å². The van der Waals surface area contributed by atoms with E-state index in [0.717, 1.165) is 32.1 Å². The van der Waals surface area contributed by atoms with E-state index in [1.807, 2.05) is 6.92 Å². The Hall–Kier alpha value is -1.06. The molecule has 0 aromatic carbocycles. The second-order valence-corrected chi connectivity index (χ2v) is 6.20. The second-order valence-electron chi connectivity index (χ2n) is 6.20. The number of carbonyl (C=O) groups is 2. The minimum absolute atomic E-state index is 0.178. The van der Waals surface area contributed by atoms with Crippen LogP contribution < -0.4 is 5.32 Å². The molecule has 1 aliphatic rings. The quantitative estimate of drug-likeness (QED) is 0.746. The largest absolute Gasteiger partial charge is 0.481 e. The van der Waals surface area contributed by atoms with Gasteiger partial charge in [-0.2, -0.15) is 0 Å². The molecule has 1 fully saturated rings. The lowest BCUT2D eigenvalue weighted by molar-refractivity contribution is -0.137. The Labute approximate surface area is 116 Å². The summed E-state index contributed by atoms with van der Waals surface area (Å²) in [6.45, 7) is 4.77. The predicted octanol–water partition coefficient (Wildman–Crippen LogP) is 2.96. The smallest absolute Gasteiger partial charge is 0.303 e. The maximum absolute atomic E-state index is 12.2. The zero-order valence-electron chi connectivity index (χ0n) is 12.2. The van der Waals surface area contributed by atoms with Crippen LogP contribution in [0.5, 0.6) is 0 Å². The first-order valence-corrected chi connectivity index (χ1v) is 7.44. The van der Waals surface area contributed by atoms with Gasteiger partial charge in [0.05, 0.1) is 0 Å². The summed E-state index contributed by atoms with van der Waals surface area (Å²) in [4.78, 5) is 22.6. The van der Waals surface area contributed by atoms with Crippen LogP contribution in [-0.2, 0) is 9.59 Å². The SMILES string of the molecule is CC(CCNC(=O)C1(C)CCCCC1)CCC(=O)O. The average Bonchev–Trinajstić information content (AvgIpc) is 2.37. The summed E-state index contributed by atoms with van der Waals surface area (Å²) in [6.07, 6.45) is 7.29. The number of aliphatic carboxylic acids is 1. The maximum Gasteiger partial charge on any atom is 0.303 e. The van der Waals surface area contributed by atoms with Gasteiger partial charge in [0.15, 0.2) is 0 Å². The van der Waals surface area contributed by atoms with Crippen LogP contribution in [0.25, 0.3) is 0 Å². The number of hydrogen-bond donors (Lipinski definition) is 2. The Morgan fingerprint density at radius 1 is 1.21 bits per heavy atom. The molecule has 4 nitrogen and oxygen atoms in total. The summed E-state index contributed by atoms with van der Waals surface area (Å²) < 4.78 is 0. The fourth-order valence-electron chi connectivity index (χ4n) is 2.72. The number of carboxylic acids is 1. The molecule has 1 saturated carbocycles. The molecule has 110 valence electrons.